The van der Waals surface area contributed by atoms with Gasteiger partial charge in [0.25, 0.3) is 0 Å². The molecule has 4 heteroatoms. The summed E-state index contributed by atoms with van der Waals surface area (Å²) in [6, 6.07) is 0. The molecule has 0 aromatic carbocycles. The highest BCUT2D eigenvalue weighted by molar-refractivity contribution is 8.00. The first-order valence-corrected chi connectivity index (χ1v) is 7.44. The lowest BCUT2D eigenvalue weighted by molar-refractivity contribution is -0.130. The molecule has 1 aliphatic carbocycles. The van der Waals surface area contributed by atoms with E-state index < -0.39 is 0 Å². The standard InChI is InChI=1S/C12H22N2OS/c1-2-11-9-14(5-6-16-11)12(15)8-13-7-10-3-4-10/h10-11,13H,2-9H2,1H3. The minimum absolute atomic E-state index is 0.291. The van der Waals surface area contributed by atoms with Gasteiger partial charge in [-0.3, -0.25) is 4.79 Å². The van der Waals surface area contributed by atoms with Crippen molar-refractivity contribution in [2.24, 2.45) is 5.92 Å². The predicted molar refractivity (Wildman–Crippen MR) is 68.7 cm³/mol. The quantitative estimate of drug-likeness (QED) is 0.789. The average molecular weight is 242 g/mol. The zero-order valence-corrected chi connectivity index (χ0v) is 10.9. The van der Waals surface area contributed by atoms with Crippen LogP contribution >= 0.6 is 11.8 Å². The Morgan fingerprint density at radius 1 is 1.50 bits per heavy atom. The summed E-state index contributed by atoms with van der Waals surface area (Å²) in [5.41, 5.74) is 0. The number of thioether (sulfide) groups is 1. The van der Waals surface area contributed by atoms with Gasteiger partial charge in [0.1, 0.15) is 0 Å². The van der Waals surface area contributed by atoms with E-state index in [1.807, 2.05) is 16.7 Å². The largest absolute Gasteiger partial charge is 0.340 e. The molecule has 2 fully saturated rings. The molecule has 2 rings (SSSR count). The van der Waals surface area contributed by atoms with Crippen LogP contribution in [0.3, 0.4) is 0 Å². The minimum Gasteiger partial charge on any atom is -0.340 e. The molecule has 0 aromatic heterocycles. The summed E-state index contributed by atoms with van der Waals surface area (Å²) in [4.78, 5) is 13.9. The highest BCUT2D eigenvalue weighted by Crippen LogP contribution is 2.27. The number of carbonyl (C=O) groups excluding carboxylic acids is 1. The second-order valence-corrected chi connectivity index (χ2v) is 6.22. The SMILES string of the molecule is CCC1CN(C(=O)CNCC2CC2)CCS1. The Kier molecular flexibility index (Phi) is 4.53. The van der Waals surface area contributed by atoms with Crippen molar-refractivity contribution >= 4 is 17.7 Å². The van der Waals surface area contributed by atoms with Gasteiger partial charge in [-0.25, -0.2) is 0 Å². The van der Waals surface area contributed by atoms with Crippen LogP contribution in [0.15, 0.2) is 0 Å². The number of carbonyl (C=O) groups is 1. The van der Waals surface area contributed by atoms with Crippen molar-refractivity contribution in [1.29, 1.82) is 0 Å². The summed E-state index contributed by atoms with van der Waals surface area (Å²) in [6.07, 6.45) is 3.86. The second kappa shape index (κ2) is 5.92. The van der Waals surface area contributed by atoms with Crippen LogP contribution in [0.4, 0.5) is 0 Å². The number of nitrogens with one attached hydrogen (secondary N) is 1. The van der Waals surface area contributed by atoms with Crippen molar-refractivity contribution in [3.63, 3.8) is 0 Å². The van der Waals surface area contributed by atoms with Crippen molar-refractivity contribution in [1.82, 2.24) is 10.2 Å². The number of hydrogen-bond acceptors (Lipinski definition) is 3. The van der Waals surface area contributed by atoms with Gasteiger partial charge < -0.3 is 10.2 Å². The van der Waals surface area contributed by atoms with Gasteiger partial charge in [0.15, 0.2) is 0 Å². The summed E-state index contributed by atoms with van der Waals surface area (Å²) in [5, 5.41) is 3.93. The van der Waals surface area contributed by atoms with Crippen LogP contribution in [-0.4, -0.2) is 48.0 Å². The molecule has 1 heterocycles. The van der Waals surface area contributed by atoms with E-state index >= 15 is 0 Å². The molecule has 0 radical (unpaired) electrons. The lowest BCUT2D eigenvalue weighted by Gasteiger charge is -2.32. The number of rotatable bonds is 5. The number of nitrogens with zero attached hydrogens (tertiary/aromatic N) is 1. The van der Waals surface area contributed by atoms with E-state index in [1.165, 1.54) is 19.3 Å². The highest BCUT2D eigenvalue weighted by Gasteiger charge is 2.24. The molecule has 1 atom stereocenters. The molecule has 1 saturated carbocycles. The van der Waals surface area contributed by atoms with Gasteiger partial charge >= 0.3 is 0 Å². The van der Waals surface area contributed by atoms with Gasteiger partial charge in [0.05, 0.1) is 6.54 Å². The number of amides is 1. The molecule has 1 aliphatic heterocycles. The van der Waals surface area contributed by atoms with Crippen LogP contribution in [0, 0.1) is 5.92 Å². The van der Waals surface area contributed by atoms with Crippen LogP contribution in [0.25, 0.3) is 0 Å². The minimum atomic E-state index is 0.291. The average Bonchev–Trinajstić information content (AvgIpc) is 3.13. The lowest BCUT2D eigenvalue weighted by atomic mass is 10.3. The molecular formula is C12H22N2OS. The summed E-state index contributed by atoms with van der Waals surface area (Å²) in [7, 11) is 0. The van der Waals surface area contributed by atoms with Crippen molar-refractivity contribution < 1.29 is 4.79 Å². The summed E-state index contributed by atoms with van der Waals surface area (Å²) >= 11 is 2.01. The van der Waals surface area contributed by atoms with Crippen molar-refractivity contribution in [2.75, 3.05) is 31.9 Å². The van der Waals surface area contributed by atoms with Gasteiger partial charge in [-0.1, -0.05) is 6.92 Å². The van der Waals surface area contributed by atoms with Crippen molar-refractivity contribution in [2.45, 2.75) is 31.4 Å². The van der Waals surface area contributed by atoms with Crippen molar-refractivity contribution in [3.05, 3.63) is 0 Å². The van der Waals surface area contributed by atoms with E-state index in [4.69, 9.17) is 0 Å². The molecule has 2 aliphatic rings. The van der Waals surface area contributed by atoms with Gasteiger partial charge in [-0.2, -0.15) is 11.8 Å². The first-order chi connectivity index (χ1) is 7.79. The van der Waals surface area contributed by atoms with E-state index in [1.54, 1.807) is 0 Å². The third kappa shape index (κ3) is 3.67. The van der Waals surface area contributed by atoms with Gasteiger partial charge in [0, 0.05) is 24.1 Å². The lowest BCUT2D eigenvalue weighted by Crippen LogP contribution is -2.45. The Balaban J connectivity index is 1.66. The van der Waals surface area contributed by atoms with Gasteiger partial charge in [-0.05, 0) is 31.7 Å². The molecule has 16 heavy (non-hydrogen) atoms. The molecule has 0 aromatic rings. The van der Waals surface area contributed by atoms with Crippen LogP contribution in [0.5, 0.6) is 0 Å². The third-order valence-electron chi connectivity index (χ3n) is 3.35. The zero-order chi connectivity index (χ0) is 11.4. The Labute approximate surface area is 102 Å². The third-order valence-corrected chi connectivity index (χ3v) is 4.73. The Bertz CT molecular complexity index is 243. The van der Waals surface area contributed by atoms with Crippen LogP contribution < -0.4 is 5.32 Å². The fourth-order valence-electron chi connectivity index (χ4n) is 2.01. The molecule has 0 bridgehead atoms. The first-order valence-electron chi connectivity index (χ1n) is 6.39. The van der Waals surface area contributed by atoms with Gasteiger partial charge in [-0.15, -0.1) is 0 Å². The first kappa shape index (κ1) is 12.2. The predicted octanol–water partition coefficient (Wildman–Crippen LogP) is 1.34. The highest BCUT2D eigenvalue weighted by atomic mass is 32.2. The summed E-state index contributed by atoms with van der Waals surface area (Å²) < 4.78 is 0. The Hall–Kier alpha value is -0.220. The topological polar surface area (TPSA) is 32.3 Å². The monoisotopic (exact) mass is 242 g/mol. The molecule has 1 saturated heterocycles. The van der Waals surface area contributed by atoms with Crippen molar-refractivity contribution in [3.8, 4) is 0 Å². The molecule has 92 valence electrons. The molecular weight excluding hydrogens is 220 g/mol. The van der Waals surface area contributed by atoms with Gasteiger partial charge in [0.2, 0.25) is 5.91 Å². The van der Waals surface area contributed by atoms with E-state index in [9.17, 15) is 4.79 Å². The molecule has 0 spiro atoms. The Morgan fingerprint density at radius 2 is 2.31 bits per heavy atom. The Morgan fingerprint density at radius 3 is 3.00 bits per heavy atom. The van der Waals surface area contributed by atoms with Crippen LogP contribution in [0.1, 0.15) is 26.2 Å². The molecule has 1 amide bonds. The maximum absolute atomic E-state index is 11.9. The molecule has 1 unspecified atom stereocenters. The van der Waals surface area contributed by atoms with E-state index in [0.29, 0.717) is 17.7 Å². The second-order valence-electron chi connectivity index (χ2n) is 4.82. The summed E-state index contributed by atoms with van der Waals surface area (Å²) in [6.45, 7) is 5.66. The van der Waals surface area contributed by atoms with E-state index in [-0.39, 0.29) is 0 Å². The number of hydrogen-bond donors (Lipinski definition) is 1. The van der Waals surface area contributed by atoms with Crippen LogP contribution in [-0.2, 0) is 4.79 Å². The fraction of sp³-hybridized carbons (Fsp3) is 0.917. The molecule has 3 nitrogen and oxygen atoms in total. The van der Waals surface area contributed by atoms with E-state index in [2.05, 4.69) is 12.2 Å². The maximum atomic E-state index is 11.9. The van der Waals surface area contributed by atoms with Crippen LogP contribution in [0.2, 0.25) is 0 Å². The summed E-state index contributed by atoms with van der Waals surface area (Å²) in [5.74, 6) is 2.25. The van der Waals surface area contributed by atoms with E-state index in [0.717, 1.165) is 31.3 Å². The maximum Gasteiger partial charge on any atom is 0.236 e. The smallest absolute Gasteiger partial charge is 0.236 e. The zero-order valence-electron chi connectivity index (χ0n) is 10.1. The molecule has 1 N–H and O–H groups in total. The fourth-order valence-corrected chi connectivity index (χ4v) is 3.19. The normalized spacial score (nSPS) is 25.8.